The molecule has 1 atom stereocenters. The van der Waals surface area contributed by atoms with Crippen LogP contribution in [0.25, 0.3) is 0 Å². The van der Waals surface area contributed by atoms with Gasteiger partial charge in [0.2, 0.25) is 5.78 Å². The van der Waals surface area contributed by atoms with Crippen LogP contribution in [0.3, 0.4) is 0 Å². The number of carbonyl (C=O) groups excluding carboxylic acids is 3. The third-order valence-corrected chi connectivity index (χ3v) is 3.88. The van der Waals surface area contributed by atoms with Gasteiger partial charge in [-0.05, 0) is 44.5 Å². The highest BCUT2D eigenvalue weighted by molar-refractivity contribution is 6.04. The van der Waals surface area contributed by atoms with Crippen molar-refractivity contribution < 1.29 is 32.6 Å². The minimum atomic E-state index is -1.21. The number of aryl methyl sites for hydroxylation is 1. The summed E-state index contributed by atoms with van der Waals surface area (Å²) in [6, 6.07) is 2.53. The molecule has 0 fully saturated rings. The average Bonchev–Trinajstić information content (AvgIpc) is 2.90. The number of nitrogens with one attached hydrogen (secondary N) is 1. The number of ether oxygens (including phenoxy) is 2. The molecule has 8 heteroatoms. The Labute approximate surface area is 148 Å². The van der Waals surface area contributed by atoms with Crippen LogP contribution in [-0.4, -0.2) is 35.9 Å². The van der Waals surface area contributed by atoms with Gasteiger partial charge >= 0.3 is 11.9 Å². The van der Waals surface area contributed by atoms with Crippen LogP contribution in [0.4, 0.5) is 8.78 Å². The zero-order valence-electron chi connectivity index (χ0n) is 14.6. The van der Waals surface area contributed by atoms with Gasteiger partial charge in [-0.25, -0.2) is 18.4 Å². The Balaban J connectivity index is 2.21. The fraction of sp³-hybridized carbons (Fsp3) is 0.278. The Morgan fingerprint density at radius 2 is 1.73 bits per heavy atom. The van der Waals surface area contributed by atoms with E-state index < -0.39 is 35.5 Å². The average molecular weight is 365 g/mol. The van der Waals surface area contributed by atoms with E-state index in [1.54, 1.807) is 13.8 Å². The molecule has 1 aromatic carbocycles. The standard InChI is InChI=1S/C18H17F2NO5/c1-8-14(18(24)25-4)9(2)21-15(8)16(22)10(3)26-17(23)11-5-6-12(19)13(20)7-11/h5-7,10,21H,1-4H3. The maximum absolute atomic E-state index is 13.2. The first-order chi connectivity index (χ1) is 12.2. The summed E-state index contributed by atoms with van der Waals surface area (Å²) < 4.78 is 35.8. The molecule has 0 saturated heterocycles. The number of Topliss-reactive ketones (excluding diaryl/α,β-unsaturated/α-hetero) is 1. The van der Waals surface area contributed by atoms with Crippen molar-refractivity contribution in [1.82, 2.24) is 4.98 Å². The van der Waals surface area contributed by atoms with E-state index in [1.807, 2.05) is 0 Å². The third-order valence-electron chi connectivity index (χ3n) is 3.88. The van der Waals surface area contributed by atoms with Crippen molar-refractivity contribution in [3.63, 3.8) is 0 Å². The highest BCUT2D eigenvalue weighted by Gasteiger charge is 2.27. The van der Waals surface area contributed by atoms with Crippen molar-refractivity contribution in [3.8, 4) is 0 Å². The second kappa shape index (κ2) is 7.47. The van der Waals surface area contributed by atoms with E-state index in [9.17, 15) is 23.2 Å². The summed E-state index contributed by atoms with van der Waals surface area (Å²) in [4.78, 5) is 39.1. The number of aromatic nitrogens is 1. The van der Waals surface area contributed by atoms with Gasteiger partial charge in [0, 0.05) is 5.69 Å². The Morgan fingerprint density at radius 1 is 1.08 bits per heavy atom. The Hall–Kier alpha value is -3.03. The van der Waals surface area contributed by atoms with Gasteiger partial charge in [-0.1, -0.05) is 0 Å². The van der Waals surface area contributed by atoms with Gasteiger partial charge in [-0.15, -0.1) is 0 Å². The van der Waals surface area contributed by atoms with Crippen LogP contribution in [0.2, 0.25) is 0 Å². The molecule has 0 radical (unpaired) electrons. The van der Waals surface area contributed by atoms with Gasteiger partial charge in [0.25, 0.3) is 0 Å². The lowest BCUT2D eigenvalue weighted by molar-refractivity contribution is 0.0316. The number of ketones is 1. The van der Waals surface area contributed by atoms with Crippen LogP contribution < -0.4 is 0 Å². The van der Waals surface area contributed by atoms with E-state index in [2.05, 4.69) is 9.72 Å². The molecule has 1 N–H and O–H groups in total. The quantitative estimate of drug-likeness (QED) is 0.650. The highest BCUT2D eigenvalue weighted by atomic mass is 19.2. The number of rotatable bonds is 5. The lowest BCUT2D eigenvalue weighted by Crippen LogP contribution is -2.25. The minimum absolute atomic E-state index is 0.105. The molecular weight excluding hydrogens is 348 g/mol. The van der Waals surface area contributed by atoms with E-state index in [1.165, 1.54) is 14.0 Å². The van der Waals surface area contributed by atoms with Crippen LogP contribution in [0.15, 0.2) is 18.2 Å². The molecule has 0 saturated carbocycles. The Morgan fingerprint density at radius 3 is 2.31 bits per heavy atom. The van der Waals surface area contributed by atoms with Gasteiger partial charge < -0.3 is 14.5 Å². The Bertz CT molecular complexity index is 888. The summed E-state index contributed by atoms with van der Waals surface area (Å²) in [7, 11) is 1.22. The number of esters is 2. The molecule has 0 aliphatic rings. The monoisotopic (exact) mass is 365 g/mol. The van der Waals surface area contributed by atoms with Gasteiger partial charge in [-0.2, -0.15) is 0 Å². The maximum Gasteiger partial charge on any atom is 0.339 e. The smallest absolute Gasteiger partial charge is 0.339 e. The number of methoxy groups -OCH3 is 1. The van der Waals surface area contributed by atoms with Gasteiger partial charge in [0.15, 0.2) is 17.7 Å². The number of halogens is 2. The number of hydrogen-bond acceptors (Lipinski definition) is 5. The number of H-pyrrole nitrogens is 1. The van der Waals surface area contributed by atoms with Crippen molar-refractivity contribution in [1.29, 1.82) is 0 Å². The molecule has 1 heterocycles. The van der Waals surface area contributed by atoms with Crippen LogP contribution in [-0.2, 0) is 9.47 Å². The summed E-state index contributed by atoms with van der Waals surface area (Å²) in [5, 5.41) is 0. The Kier molecular flexibility index (Phi) is 5.54. The molecule has 1 aromatic heterocycles. The number of benzene rings is 1. The lowest BCUT2D eigenvalue weighted by Gasteiger charge is -2.12. The van der Waals surface area contributed by atoms with Crippen LogP contribution >= 0.6 is 0 Å². The summed E-state index contributed by atoms with van der Waals surface area (Å²) in [6.07, 6.45) is -1.21. The largest absolute Gasteiger partial charge is 0.465 e. The van der Waals surface area contributed by atoms with Crippen LogP contribution in [0.1, 0.15) is 49.4 Å². The van der Waals surface area contributed by atoms with Crippen molar-refractivity contribution >= 4 is 17.7 Å². The van der Waals surface area contributed by atoms with Gasteiger partial charge in [0.1, 0.15) is 0 Å². The molecule has 26 heavy (non-hydrogen) atoms. The first kappa shape index (κ1) is 19.3. The summed E-state index contributed by atoms with van der Waals surface area (Å²) in [5.41, 5.74) is 0.925. The van der Waals surface area contributed by atoms with Crippen molar-refractivity contribution in [2.75, 3.05) is 7.11 Å². The molecule has 0 bridgehead atoms. The van der Waals surface area contributed by atoms with Gasteiger partial charge in [0.05, 0.1) is 23.9 Å². The number of hydrogen-bond donors (Lipinski definition) is 1. The molecule has 0 spiro atoms. The molecule has 0 amide bonds. The predicted octanol–water partition coefficient (Wildman–Crippen LogP) is 3.12. The molecule has 0 aliphatic heterocycles. The summed E-state index contributed by atoms with van der Waals surface area (Å²) in [6.45, 7) is 4.51. The second-order valence-corrected chi connectivity index (χ2v) is 5.66. The number of carbonyl (C=O) groups is 3. The molecule has 2 aromatic rings. The molecule has 1 unspecified atom stereocenters. The SMILES string of the molecule is COC(=O)c1c(C)[nH]c(C(=O)C(C)OC(=O)c2ccc(F)c(F)c2)c1C. The first-order valence-corrected chi connectivity index (χ1v) is 7.65. The highest BCUT2D eigenvalue weighted by Crippen LogP contribution is 2.21. The molecule has 6 nitrogen and oxygen atoms in total. The molecular formula is C18H17F2NO5. The predicted molar refractivity (Wildman–Crippen MR) is 87.2 cm³/mol. The normalized spacial score (nSPS) is 11.8. The van der Waals surface area contributed by atoms with E-state index in [-0.39, 0.29) is 16.8 Å². The van der Waals surface area contributed by atoms with Crippen molar-refractivity contribution in [2.45, 2.75) is 26.9 Å². The second-order valence-electron chi connectivity index (χ2n) is 5.66. The molecule has 0 aliphatic carbocycles. The van der Waals surface area contributed by atoms with Crippen LogP contribution in [0, 0.1) is 25.5 Å². The third kappa shape index (κ3) is 3.63. The van der Waals surface area contributed by atoms with Crippen molar-refractivity contribution in [2.24, 2.45) is 0 Å². The van der Waals surface area contributed by atoms with E-state index >= 15 is 0 Å². The fourth-order valence-corrected chi connectivity index (χ4v) is 2.51. The molecule has 138 valence electrons. The summed E-state index contributed by atoms with van der Waals surface area (Å²) in [5.74, 6) is -4.44. The number of aromatic amines is 1. The molecule has 2 rings (SSSR count). The van der Waals surface area contributed by atoms with E-state index in [0.717, 1.165) is 12.1 Å². The fourth-order valence-electron chi connectivity index (χ4n) is 2.51. The topological polar surface area (TPSA) is 85.5 Å². The minimum Gasteiger partial charge on any atom is -0.465 e. The lowest BCUT2D eigenvalue weighted by atomic mass is 10.1. The van der Waals surface area contributed by atoms with Crippen molar-refractivity contribution in [3.05, 3.63) is 57.9 Å². The zero-order valence-corrected chi connectivity index (χ0v) is 14.6. The van der Waals surface area contributed by atoms with Gasteiger partial charge in [-0.3, -0.25) is 4.79 Å². The first-order valence-electron chi connectivity index (χ1n) is 7.65. The van der Waals surface area contributed by atoms with E-state index in [0.29, 0.717) is 17.3 Å². The van der Waals surface area contributed by atoms with E-state index in [4.69, 9.17) is 4.74 Å². The van der Waals surface area contributed by atoms with Crippen LogP contribution in [0.5, 0.6) is 0 Å². The zero-order chi connectivity index (χ0) is 19.6. The summed E-state index contributed by atoms with van der Waals surface area (Å²) >= 11 is 0. The maximum atomic E-state index is 13.2.